The molecule has 1 saturated heterocycles. The molecule has 1 aromatic carbocycles. The number of hydrogen-bond donors (Lipinski definition) is 1. The number of benzene rings is 1. The Labute approximate surface area is 173 Å². The van der Waals surface area contributed by atoms with Gasteiger partial charge in [0, 0.05) is 35.1 Å². The van der Waals surface area contributed by atoms with E-state index in [0.717, 1.165) is 47.2 Å². The van der Waals surface area contributed by atoms with Crippen molar-refractivity contribution in [3.63, 3.8) is 0 Å². The van der Waals surface area contributed by atoms with E-state index in [1.807, 2.05) is 25.1 Å². The van der Waals surface area contributed by atoms with Crippen molar-refractivity contribution >= 4 is 51.9 Å². The van der Waals surface area contributed by atoms with Gasteiger partial charge in [0.15, 0.2) is 10.8 Å². The molecule has 0 amide bonds. The van der Waals surface area contributed by atoms with Crippen molar-refractivity contribution in [2.24, 2.45) is 0 Å². The summed E-state index contributed by atoms with van der Waals surface area (Å²) in [6.45, 7) is 5.83. The predicted octanol–water partition coefficient (Wildman–Crippen LogP) is 4.86. The molecule has 1 aliphatic heterocycles. The average Bonchev–Trinajstić information content (AvgIpc) is 3.16. The highest BCUT2D eigenvalue weighted by atomic mass is 35.5. The van der Waals surface area contributed by atoms with Gasteiger partial charge in [-0.1, -0.05) is 17.7 Å². The van der Waals surface area contributed by atoms with Crippen molar-refractivity contribution in [2.45, 2.75) is 32.6 Å². The number of piperidine rings is 1. The van der Waals surface area contributed by atoms with Crippen LogP contribution in [-0.4, -0.2) is 40.7 Å². The average molecular weight is 424 g/mol. The van der Waals surface area contributed by atoms with Gasteiger partial charge in [-0.3, -0.25) is 0 Å². The summed E-state index contributed by atoms with van der Waals surface area (Å²) in [5, 5.41) is 7.53. The Morgan fingerprint density at radius 1 is 1.44 bits per heavy atom. The van der Waals surface area contributed by atoms with Gasteiger partial charge < -0.3 is 15.0 Å². The van der Waals surface area contributed by atoms with Crippen LogP contribution in [0.3, 0.4) is 0 Å². The Kier molecular flexibility index (Phi) is 6.68. The molecule has 0 aliphatic carbocycles. The second-order valence-electron chi connectivity index (χ2n) is 6.40. The second kappa shape index (κ2) is 8.99. The molecule has 2 heterocycles. The van der Waals surface area contributed by atoms with Gasteiger partial charge in [0.05, 0.1) is 11.6 Å². The molecule has 0 radical (unpaired) electrons. The van der Waals surface area contributed by atoms with Crippen molar-refractivity contribution in [1.29, 1.82) is 0 Å². The van der Waals surface area contributed by atoms with E-state index in [2.05, 4.69) is 15.2 Å². The third-order valence-corrected chi connectivity index (χ3v) is 6.42. The van der Waals surface area contributed by atoms with Gasteiger partial charge >= 0.3 is 5.97 Å². The van der Waals surface area contributed by atoms with E-state index in [1.165, 1.54) is 11.3 Å². The number of thiocarbonyl (C=S) groups is 1. The molecule has 2 aromatic rings. The molecule has 1 aromatic heterocycles. The Balaban J connectivity index is 1.56. The number of aromatic nitrogens is 1. The largest absolute Gasteiger partial charge is 0.461 e. The standard InChI is InChI=1S/C19H22ClN3O2S2/c1-3-25-18(24)16-11-27-17(21-16)13-7-9-23(10-8-13)19(26)22-15-6-4-5-14(20)12(15)2/h4-6,11,13H,3,7-10H2,1-2H3,(H,22,26). The normalized spacial score (nSPS) is 14.9. The summed E-state index contributed by atoms with van der Waals surface area (Å²) in [5.74, 6) is 0.00448. The highest BCUT2D eigenvalue weighted by molar-refractivity contribution is 7.80. The molecule has 0 atom stereocenters. The molecule has 0 unspecified atom stereocenters. The number of thiazole rings is 1. The first kappa shape index (κ1) is 20.0. The molecule has 144 valence electrons. The van der Waals surface area contributed by atoms with E-state index in [1.54, 1.807) is 12.3 Å². The van der Waals surface area contributed by atoms with Crippen LogP contribution in [0.2, 0.25) is 5.02 Å². The minimum atomic E-state index is -0.347. The molecule has 3 rings (SSSR count). The number of anilines is 1. The first-order valence-corrected chi connectivity index (χ1v) is 10.6. The van der Waals surface area contributed by atoms with Crippen LogP contribution in [0.5, 0.6) is 0 Å². The smallest absolute Gasteiger partial charge is 0.357 e. The van der Waals surface area contributed by atoms with Crippen LogP contribution < -0.4 is 5.32 Å². The van der Waals surface area contributed by atoms with Crippen molar-refractivity contribution in [3.05, 3.63) is 44.9 Å². The predicted molar refractivity (Wildman–Crippen MR) is 114 cm³/mol. The lowest BCUT2D eigenvalue weighted by Gasteiger charge is -2.33. The Morgan fingerprint density at radius 3 is 2.89 bits per heavy atom. The zero-order chi connectivity index (χ0) is 19.4. The van der Waals surface area contributed by atoms with Crippen LogP contribution in [0.15, 0.2) is 23.6 Å². The fourth-order valence-corrected chi connectivity index (χ4v) is 4.47. The molecule has 0 saturated carbocycles. The highest BCUT2D eigenvalue weighted by Gasteiger charge is 2.25. The van der Waals surface area contributed by atoms with E-state index < -0.39 is 0 Å². The SMILES string of the molecule is CCOC(=O)c1csc(C2CCN(C(=S)Nc3cccc(Cl)c3C)CC2)n1. The summed E-state index contributed by atoms with van der Waals surface area (Å²) in [7, 11) is 0. The Morgan fingerprint density at radius 2 is 2.19 bits per heavy atom. The van der Waals surface area contributed by atoms with Crippen LogP contribution in [0, 0.1) is 6.92 Å². The Bertz CT molecular complexity index is 832. The molecule has 1 N–H and O–H groups in total. The topological polar surface area (TPSA) is 54.5 Å². The van der Waals surface area contributed by atoms with Crippen LogP contribution in [0.1, 0.15) is 46.7 Å². The fraction of sp³-hybridized carbons (Fsp3) is 0.421. The zero-order valence-corrected chi connectivity index (χ0v) is 17.7. The number of carbonyl (C=O) groups excluding carboxylic acids is 1. The molecule has 1 aliphatic rings. The number of esters is 1. The van der Waals surface area contributed by atoms with E-state index in [4.69, 9.17) is 28.6 Å². The van der Waals surface area contributed by atoms with Gasteiger partial charge in [0.1, 0.15) is 0 Å². The highest BCUT2D eigenvalue weighted by Crippen LogP contribution is 2.31. The minimum absolute atomic E-state index is 0.347. The van der Waals surface area contributed by atoms with Crippen LogP contribution in [-0.2, 0) is 4.74 Å². The summed E-state index contributed by atoms with van der Waals surface area (Å²) in [6.07, 6.45) is 1.90. The van der Waals surface area contributed by atoms with E-state index in [-0.39, 0.29) is 5.97 Å². The summed E-state index contributed by atoms with van der Waals surface area (Å²) in [6, 6.07) is 5.76. The summed E-state index contributed by atoms with van der Waals surface area (Å²) >= 11 is 13.3. The third kappa shape index (κ3) is 4.78. The van der Waals surface area contributed by atoms with Gasteiger partial charge in [-0.15, -0.1) is 11.3 Å². The van der Waals surface area contributed by atoms with Crippen molar-refractivity contribution in [2.75, 3.05) is 25.0 Å². The zero-order valence-electron chi connectivity index (χ0n) is 15.3. The maximum Gasteiger partial charge on any atom is 0.357 e. The van der Waals surface area contributed by atoms with E-state index in [9.17, 15) is 4.79 Å². The van der Waals surface area contributed by atoms with Crippen LogP contribution in [0.25, 0.3) is 0 Å². The monoisotopic (exact) mass is 423 g/mol. The lowest BCUT2D eigenvalue weighted by molar-refractivity contribution is 0.0520. The number of ether oxygens (including phenoxy) is 1. The van der Waals surface area contributed by atoms with Gasteiger partial charge in [0.2, 0.25) is 0 Å². The van der Waals surface area contributed by atoms with E-state index >= 15 is 0 Å². The first-order valence-electron chi connectivity index (χ1n) is 8.93. The minimum Gasteiger partial charge on any atom is -0.461 e. The van der Waals surface area contributed by atoms with Crippen molar-refractivity contribution < 1.29 is 9.53 Å². The quantitative estimate of drug-likeness (QED) is 0.560. The molecule has 8 heteroatoms. The maximum absolute atomic E-state index is 11.8. The maximum atomic E-state index is 11.8. The number of nitrogens with zero attached hydrogens (tertiary/aromatic N) is 2. The van der Waals surface area contributed by atoms with Crippen molar-refractivity contribution in [1.82, 2.24) is 9.88 Å². The lowest BCUT2D eigenvalue weighted by Crippen LogP contribution is -2.40. The van der Waals surface area contributed by atoms with Gasteiger partial charge in [0.25, 0.3) is 0 Å². The second-order valence-corrected chi connectivity index (χ2v) is 8.08. The summed E-state index contributed by atoms with van der Waals surface area (Å²) < 4.78 is 5.01. The number of nitrogens with one attached hydrogen (secondary N) is 1. The number of hydrogen-bond acceptors (Lipinski definition) is 5. The molecule has 0 spiro atoms. The molecule has 1 fully saturated rings. The molecular weight excluding hydrogens is 402 g/mol. The first-order chi connectivity index (χ1) is 13.0. The fourth-order valence-electron chi connectivity index (χ4n) is 3.04. The molecule has 5 nitrogen and oxygen atoms in total. The number of halogens is 1. The summed E-state index contributed by atoms with van der Waals surface area (Å²) in [4.78, 5) is 18.4. The van der Waals surface area contributed by atoms with Crippen LogP contribution >= 0.6 is 35.2 Å². The lowest BCUT2D eigenvalue weighted by atomic mass is 9.98. The van der Waals surface area contributed by atoms with E-state index in [0.29, 0.717) is 23.3 Å². The summed E-state index contributed by atoms with van der Waals surface area (Å²) in [5.41, 5.74) is 2.34. The Hall–Kier alpha value is -1.70. The molecule has 27 heavy (non-hydrogen) atoms. The third-order valence-electron chi connectivity index (χ3n) is 4.65. The number of likely N-dealkylation sites (tertiary alicyclic amines) is 1. The van der Waals surface area contributed by atoms with Gasteiger partial charge in [-0.05, 0) is 56.6 Å². The van der Waals surface area contributed by atoms with Crippen molar-refractivity contribution in [3.8, 4) is 0 Å². The van der Waals surface area contributed by atoms with Crippen LogP contribution in [0.4, 0.5) is 5.69 Å². The molecule has 0 bridgehead atoms. The van der Waals surface area contributed by atoms with Gasteiger partial charge in [-0.2, -0.15) is 0 Å². The number of carbonyl (C=O) groups is 1. The van der Waals surface area contributed by atoms with Gasteiger partial charge in [-0.25, -0.2) is 9.78 Å². The molecular formula is C19H22ClN3O2S2. The number of rotatable bonds is 4.